The second-order valence-corrected chi connectivity index (χ2v) is 4.43. The number of hydrogen-bond donors (Lipinski definition) is 1. The summed E-state index contributed by atoms with van der Waals surface area (Å²) in [6.45, 7) is 0. The monoisotopic (exact) mass is 263 g/mol. The number of para-hydroxylation sites is 2. The molecule has 0 radical (unpaired) electrons. The molecule has 1 N–H and O–H groups in total. The molecule has 1 amide bonds. The van der Waals surface area contributed by atoms with Crippen LogP contribution >= 0.6 is 0 Å². The summed E-state index contributed by atoms with van der Waals surface area (Å²) in [4.78, 5) is 20.6. The predicted octanol–water partition coefficient (Wildman–Crippen LogP) is 3.21. The van der Waals surface area contributed by atoms with E-state index in [2.05, 4.69) is 15.3 Å². The summed E-state index contributed by atoms with van der Waals surface area (Å²) in [5, 5.41) is 2.85. The average molecular weight is 263 g/mol. The third-order valence-corrected chi connectivity index (χ3v) is 2.92. The Balaban J connectivity index is 1.91. The van der Waals surface area contributed by atoms with Crippen molar-refractivity contribution in [2.24, 2.45) is 4.99 Å². The molecule has 2 heterocycles. The van der Waals surface area contributed by atoms with Crippen molar-refractivity contribution in [2.45, 2.75) is 6.42 Å². The standard InChI is InChI=1S/C16H13N3O/c20-16-11-13(9-8-12-5-3-4-10-17-12)18-14-6-1-2-7-15(14)19-16/h1-10H,11H2,(H,19,20)/b9-8+. The van der Waals surface area contributed by atoms with Crippen LogP contribution in [-0.4, -0.2) is 16.6 Å². The fourth-order valence-electron chi connectivity index (χ4n) is 1.98. The van der Waals surface area contributed by atoms with Crippen LogP contribution in [0.15, 0.2) is 59.7 Å². The number of rotatable bonds is 2. The van der Waals surface area contributed by atoms with Crippen molar-refractivity contribution >= 4 is 29.1 Å². The van der Waals surface area contributed by atoms with Gasteiger partial charge in [0, 0.05) is 6.20 Å². The second-order valence-electron chi connectivity index (χ2n) is 4.43. The molecular formula is C16H13N3O. The molecule has 0 aliphatic carbocycles. The molecule has 0 saturated carbocycles. The lowest BCUT2D eigenvalue weighted by Crippen LogP contribution is -2.13. The topological polar surface area (TPSA) is 54.4 Å². The van der Waals surface area contributed by atoms with Gasteiger partial charge in [0.2, 0.25) is 5.91 Å². The Kier molecular flexibility index (Phi) is 3.37. The molecule has 2 aromatic rings. The average Bonchev–Trinajstić information content (AvgIpc) is 2.63. The number of hydrogen-bond acceptors (Lipinski definition) is 3. The number of amides is 1. The number of nitrogens with one attached hydrogen (secondary N) is 1. The van der Waals surface area contributed by atoms with Gasteiger partial charge < -0.3 is 5.32 Å². The number of carbonyl (C=O) groups excluding carboxylic acids is 1. The Labute approximate surface area is 116 Å². The summed E-state index contributed by atoms with van der Waals surface area (Å²) in [5.41, 5.74) is 3.09. The Bertz CT molecular complexity index is 690. The zero-order valence-electron chi connectivity index (χ0n) is 10.8. The molecule has 0 bridgehead atoms. The van der Waals surface area contributed by atoms with Crippen molar-refractivity contribution in [2.75, 3.05) is 5.32 Å². The van der Waals surface area contributed by atoms with Crippen LogP contribution in [0.25, 0.3) is 6.08 Å². The van der Waals surface area contributed by atoms with Gasteiger partial charge in [0.15, 0.2) is 0 Å². The van der Waals surface area contributed by atoms with Crippen LogP contribution < -0.4 is 5.32 Å². The molecule has 0 fully saturated rings. The van der Waals surface area contributed by atoms with Crippen molar-refractivity contribution < 1.29 is 4.79 Å². The van der Waals surface area contributed by atoms with Crippen LogP contribution in [0.1, 0.15) is 12.1 Å². The van der Waals surface area contributed by atoms with Gasteiger partial charge in [-0.1, -0.05) is 18.2 Å². The molecule has 0 atom stereocenters. The maximum absolute atomic E-state index is 11.8. The van der Waals surface area contributed by atoms with E-state index in [1.165, 1.54) is 0 Å². The highest BCUT2D eigenvalue weighted by atomic mass is 16.1. The molecule has 4 nitrogen and oxygen atoms in total. The smallest absolute Gasteiger partial charge is 0.230 e. The van der Waals surface area contributed by atoms with E-state index in [4.69, 9.17) is 0 Å². The van der Waals surface area contributed by atoms with Gasteiger partial charge in [-0.3, -0.25) is 14.8 Å². The van der Waals surface area contributed by atoms with E-state index in [0.717, 1.165) is 22.8 Å². The van der Waals surface area contributed by atoms with Gasteiger partial charge in [-0.2, -0.15) is 0 Å². The van der Waals surface area contributed by atoms with Gasteiger partial charge in [-0.05, 0) is 36.4 Å². The molecule has 4 heteroatoms. The first-order valence-electron chi connectivity index (χ1n) is 6.37. The first-order chi connectivity index (χ1) is 9.81. The highest BCUT2D eigenvalue weighted by Gasteiger charge is 2.13. The normalized spacial score (nSPS) is 14.4. The zero-order chi connectivity index (χ0) is 13.8. The molecular weight excluding hydrogens is 250 g/mol. The highest BCUT2D eigenvalue weighted by Crippen LogP contribution is 2.27. The lowest BCUT2D eigenvalue weighted by atomic mass is 10.2. The predicted molar refractivity (Wildman–Crippen MR) is 80.1 cm³/mol. The van der Waals surface area contributed by atoms with E-state index >= 15 is 0 Å². The molecule has 1 aliphatic heterocycles. The number of benzene rings is 1. The summed E-state index contributed by atoms with van der Waals surface area (Å²) >= 11 is 0. The van der Waals surface area contributed by atoms with Gasteiger partial charge in [-0.15, -0.1) is 0 Å². The van der Waals surface area contributed by atoms with E-state index in [1.54, 1.807) is 6.20 Å². The molecule has 0 unspecified atom stereocenters. The van der Waals surface area contributed by atoms with Gasteiger partial charge in [0.1, 0.15) is 0 Å². The highest BCUT2D eigenvalue weighted by molar-refractivity contribution is 6.15. The SMILES string of the molecule is O=C1CC(/C=C/c2ccccn2)=Nc2ccccc2N1. The molecule has 98 valence electrons. The van der Waals surface area contributed by atoms with Crippen molar-refractivity contribution in [1.82, 2.24) is 4.98 Å². The Hall–Kier alpha value is -2.75. The summed E-state index contributed by atoms with van der Waals surface area (Å²) in [7, 11) is 0. The number of nitrogens with zero attached hydrogens (tertiary/aromatic N) is 2. The molecule has 3 rings (SSSR count). The zero-order valence-corrected chi connectivity index (χ0v) is 10.8. The number of pyridine rings is 1. The van der Waals surface area contributed by atoms with Crippen LogP contribution in [0.3, 0.4) is 0 Å². The maximum Gasteiger partial charge on any atom is 0.230 e. The first-order valence-corrected chi connectivity index (χ1v) is 6.37. The van der Waals surface area contributed by atoms with Crippen molar-refractivity contribution in [3.63, 3.8) is 0 Å². The van der Waals surface area contributed by atoms with Crippen LogP contribution in [0, 0.1) is 0 Å². The number of allylic oxidation sites excluding steroid dienone is 1. The Morgan fingerprint density at radius 1 is 1.05 bits per heavy atom. The molecule has 1 aromatic heterocycles. The minimum Gasteiger partial charge on any atom is -0.324 e. The van der Waals surface area contributed by atoms with Crippen molar-refractivity contribution in [3.05, 3.63) is 60.4 Å². The fraction of sp³-hybridized carbons (Fsp3) is 0.0625. The number of aliphatic imine (C=N–C) groups is 1. The number of fused-ring (bicyclic) bond motifs is 1. The largest absolute Gasteiger partial charge is 0.324 e. The van der Waals surface area contributed by atoms with E-state index < -0.39 is 0 Å². The van der Waals surface area contributed by atoms with Gasteiger partial charge in [0.05, 0.1) is 29.2 Å². The van der Waals surface area contributed by atoms with E-state index in [0.29, 0.717) is 0 Å². The molecule has 1 aromatic carbocycles. The minimum absolute atomic E-state index is 0.0561. The minimum atomic E-state index is -0.0561. The van der Waals surface area contributed by atoms with Crippen molar-refractivity contribution in [3.8, 4) is 0 Å². The lowest BCUT2D eigenvalue weighted by Gasteiger charge is -2.02. The number of anilines is 1. The van der Waals surface area contributed by atoms with Crippen LogP contribution in [0.4, 0.5) is 11.4 Å². The molecule has 0 saturated heterocycles. The second kappa shape index (κ2) is 5.48. The van der Waals surface area contributed by atoms with Crippen LogP contribution in [-0.2, 0) is 4.79 Å². The fourth-order valence-corrected chi connectivity index (χ4v) is 1.98. The summed E-state index contributed by atoms with van der Waals surface area (Å²) in [6.07, 6.45) is 5.69. The van der Waals surface area contributed by atoms with Gasteiger partial charge in [-0.25, -0.2) is 0 Å². The molecule has 20 heavy (non-hydrogen) atoms. The summed E-state index contributed by atoms with van der Waals surface area (Å²) < 4.78 is 0. The van der Waals surface area contributed by atoms with E-state index in [-0.39, 0.29) is 12.3 Å². The van der Waals surface area contributed by atoms with Crippen LogP contribution in [0.5, 0.6) is 0 Å². The third-order valence-electron chi connectivity index (χ3n) is 2.92. The maximum atomic E-state index is 11.8. The third kappa shape index (κ3) is 2.80. The van der Waals surface area contributed by atoms with Crippen molar-refractivity contribution in [1.29, 1.82) is 0 Å². The summed E-state index contributed by atoms with van der Waals surface area (Å²) in [6, 6.07) is 13.2. The van der Waals surface area contributed by atoms with E-state index in [9.17, 15) is 4.79 Å². The lowest BCUT2D eigenvalue weighted by molar-refractivity contribution is -0.115. The van der Waals surface area contributed by atoms with Gasteiger partial charge in [0.25, 0.3) is 0 Å². The Morgan fingerprint density at radius 3 is 2.75 bits per heavy atom. The first kappa shape index (κ1) is 12.3. The molecule has 1 aliphatic rings. The molecule has 0 spiro atoms. The van der Waals surface area contributed by atoms with E-state index in [1.807, 2.05) is 54.6 Å². The number of aromatic nitrogens is 1. The quantitative estimate of drug-likeness (QED) is 0.904. The number of carbonyl (C=O) groups is 1. The summed E-state index contributed by atoms with van der Waals surface area (Å²) in [5.74, 6) is -0.0561. The Morgan fingerprint density at radius 2 is 1.90 bits per heavy atom. The van der Waals surface area contributed by atoms with Gasteiger partial charge >= 0.3 is 0 Å². The van der Waals surface area contributed by atoms with Crippen LogP contribution in [0.2, 0.25) is 0 Å².